The van der Waals surface area contributed by atoms with Gasteiger partial charge in [-0.1, -0.05) is 41.9 Å². The monoisotopic (exact) mass is 534 g/mol. The molecule has 0 spiro atoms. The van der Waals surface area contributed by atoms with Crippen molar-refractivity contribution in [3.8, 4) is 5.69 Å². The lowest BCUT2D eigenvalue weighted by Crippen LogP contribution is -2.60. The molecule has 5 rings (SSSR count). The standard InChI is InChI=1S/C25H20ClFN8O3/c26-17-6-7-19(35-15-29-31-32-35)20(11-17)33-13-24(37)34(14-23(33)36)21(10-16-4-2-1-3-5-16)25(38)30-22-12-18(27)8-9-28-22/h1-9,11-12,15,21H,10,13-14H2,(H,28,30,38). The van der Waals surface area contributed by atoms with Crippen LogP contribution in [0.2, 0.25) is 5.02 Å². The van der Waals surface area contributed by atoms with E-state index >= 15 is 0 Å². The number of anilines is 2. The maximum atomic E-state index is 13.7. The Hall–Kier alpha value is -4.71. The molecule has 11 nitrogen and oxygen atoms in total. The normalized spacial score (nSPS) is 14.5. The first-order valence-corrected chi connectivity index (χ1v) is 11.9. The van der Waals surface area contributed by atoms with E-state index in [-0.39, 0.29) is 25.3 Å². The lowest BCUT2D eigenvalue weighted by molar-refractivity contribution is -0.143. The number of piperazine rings is 1. The van der Waals surface area contributed by atoms with Crippen LogP contribution in [0.25, 0.3) is 5.69 Å². The fraction of sp³-hybridized carbons (Fsp3) is 0.160. The highest BCUT2D eigenvalue weighted by Gasteiger charge is 2.39. The summed E-state index contributed by atoms with van der Waals surface area (Å²) in [5, 5.41) is 14.0. The Kier molecular flexibility index (Phi) is 7.05. The third-order valence-electron chi connectivity index (χ3n) is 5.97. The Morgan fingerprint density at radius 3 is 2.58 bits per heavy atom. The minimum absolute atomic E-state index is 0.00418. The molecule has 1 aliphatic rings. The molecule has 3 amide bonds. The van der Waals surface area contributed by atoms with Crippen LogP contribution in [0.4, 0.5) is 15.9 Å². The molecular weight excluding hydrogens is 515 g/mol. The second-order valence-corrected chi connectivity index (χ2v) is 8.88. The number of hydrogen-bond acceptors (Lipinski definition) is 7. The Morgan fingerprint density at radius 2 is 1.84 bits per heavy atom. The summed E-state index contributed by atoms with van der Waals surface area (Å²) in [6.45, 7) is -0.715. The molecule has 3 heterocycles. The summed E-state index contributed by atoms with van der Waals surface area (Å²) in [6, 6.07) is 15.0. The predicted octanol–water partition coefficient (Wildman–Crippen LogP) is 2.27. The molecule has 1 unspecified atom stereocenters. The van der Waals surface area contributed by atoms with E-state index in [9.17, 15) is 18.8 Å². The number of nitrogens with zero attached hydrogens (tertiary/aromatic N) is 7. The minimum atomic E-state index is -1.06. The minimum Gasteiger partial charge on any atom is -0.319 e. The fourth-order valence-electron chi connectivity index (χ4n) is 4.18. The van der Waals surface area contributed by atoms with Crippen molar-refractivity contribution in [1.82, 2.24) is 30.1 Å². The highest BCUT2D eigenvalue weighted by atomic mass is 35.5. The summed E-state index contributed by atoms with van der Waals surface area (Å²) >= 11 is 6.20. The number of amides is 3. The van der Waals surface area contributed by atoms with Gasteiger partial charge in [0.2, 0.25) is 17.7 Å². The molecule has 2 aromatic heterocycles. The van der Waals surface area contributed by atoms with Gasteiger partial charge in [0.05, 0.1) is 11.4 Å². The molecule has 0 saturated carbocycles. The van der Waals surface area contributed by atoms with Gasteiger partial charge < -0.3 is 10.2 Å². The Labute approximate surface area is 220 Å². The van der Waals surface area contributed by atoms with E-state index in [2.05, 4.69) is 25.8 Å². The van der Waals surface area contributed by atoms with Crippen molar-refractivity contribution in [1.29, 1.82) is 0 Å². The second-order valence-electron chi connectivity index (χ2n) is 8.44. The van der Waals surface area contributed by atoms with Gasteiger partial charge in [0.15, 0.2) is 0 Å². The van der Waals surface area contributed by atoms with E-state index in [1.165, 1.54) is 27.0 Å². The summed E-state index contributed by atoms with van der Waals surface area (Å²) < 4.78 is 15.0. The van der Waals surface area contributed by atoms with Crippen LogP contribution in [0, 0.1) is 5.82 Å². The summed E-state index contributed by atoms with van der Waals surface area (Å²) in [5.41, 5.74) is 1.57. The summed E-state index contributed by atoms with van der Waals surface area (Å²) in [5.74, 6) is -2.07. The molecule has 2 aromatic carbocycles. The summed E-state index contributed by atoms with van der Waals surface area (Å²) in [4.78, 5) is 46.7. The number of aromatic nitrogens is 5. The number of carbonyl (C=O) groups excluding carboxylic acids is 3. The van der Waals surface area contributed by atoms with E-state index < -0.39 is 29.6 Å². The zero-order chi connectivity index (χ0) is 26.6. The maximum Gasteiger partial charge on any atom is 0.248 e. The zero-order valence-electron chi connectivity index (χ0n) is 19.7. The first-order valence-electron chi connectivity index (χ1n) is 11.5. The van der Waals surface area contributed by atoms with Crippen molar-refractivity contribution in [3.63, 3.8) is 0 Å². The third-order valence-corrected chi connectivity index (χ3v) is 6.20. The van der Waals surface area contributed by atoms with Gasteiger partial charge in [-0.3, -0.25) is 19.3 Å². The highest BCUT2D eigenvalue weighted by molar-refractivity contribution is 6.31. The largest absolute Gasteiger partial charge is 0.319 e. The van der Waals surface area contributed by atoms with Gasteiger partial charge in [-0.25, -0.2) is 9.37 Å². The second kappa shape index (κ2) is 10.7. The topological polar surface area (TPSA) is 126 Å². The number of tetrazole rings is 1. The molecule has 0 aliphatic carbocycles. The molecular formula is C25H20ClFN8O3. The number of nitrogens with one attached hydrogen (secondary N) is 1. The van der Waals surface area contributed by atoms with E-state index in [4.69, 9.17) is 11.6 Å². The SMILES string of the molecule is O=C(Nc1cc(F)ccn1)C(Cc1ccccc1)N1CC(=O)N(c2cc(Cl)ccc2-n2cnnn2)CC1=O. The predicted molar refractivity (Wildman–Crippen MR) is 135 cm³/mol. The van der Waals surface area contributed by atoms with Gasteiger partial charge in [0.1, 0.15) is 37.1 Å². The first kappa shape index (κ1) is 25.0. The van der Waals surface area contributed by atoms with Crippen LogP contribution in [0.5, 0.6) is 0 Å². The van der Waals surface area contributed by atoms with Gasteiger partial charge in [0.25, 0.3) is 0 Å². The molecule has 0 bridgehead atoms. The molecule has 1 fully saturated rings. The maximum absolute atomic E-state index is 13.7. The average Bonchev–Trinajstić information content (AvgIpc) is 3.44. The first-order chi connectivity index (χ1) is 18.4. The number of pyridine rings is 1. The number of benzene rings is 2. The average molecular weight is 535 g/mol. The number of hydrogen-bond donors (Lipinski definition) is 1. The van der Waals surface area contributed by atoms with Gasteiger partial charge >= 0.3 is 0 Å². The van der Waals surface area contributed by atoms with Gasteiger partial charge in [-0.05, 0) is 40.3 Å². The summed E-state index contributed by atoms with van der Waals surface area (Å²) in [7, 11) is 0. The molecule has 0 radical (unpaired) electrons. The van der Waals surface area contributed by atoms with Gasteiger partial charge in [-0.15, -0.1) is 5.10 Å². The van der Waals surface area contributed by atoms with Crippen molar-refractivity contribution < 1.29 is 18.8 Å². The molecule has 1 N–H and O–H groups in total. The van der Waals surface area contributed by atoms with E-state index in [1.807, 2.05) is 30.3 Å². The highest BCUT2D eigenvalue weighted by Crippen LogP contribution is 2.30. The lowest BCUT2D eigenvalue weighted by atomic mass is 10.0. The van der Waals surface area contributed by atoms with Gasteiger partial charge in [-0.2, -0.15) is 4.68 Å². The molecule has 1 aliphatic heterocycles. The van der Waals surface area contributed by atoms with Crippen molar-refractivity contribution in [3.05, 3.63) is 89.6 Å². The fourth-order valence-corrected chi connectivity index (χ4v) is 4.35. The molecule has 13 heteroatoms. The Bertz CT molecular complexity index is 1490. The van der Waals surface area contributed by atoms with Crippen LogP contribution >= 0.6 is 11.6 Å². The number of carbonyl (C=O) groups is 3. The quantitative estimate of drug-likeness (QED) is 0.385. The molecule has 192 valence electrons. The van der Waals surface area contributed by atoms with Crippen molar-refractivity contribution in [2.45, 2.75) is 12.5 Å². The third kappa shape index (κ3) is 5.34. The van der Waals surface area contributed by atoms with Crippen molar-refractivity contribution in [2.75, 3.05) is 23.3 Å². The van der Waals surface area contributed by atoms with E-state index in [1.54, 1.807) is 18.2 Å². The molecule has 38 heavy (non-hydrogen) atoms. The number of halogens is 2. The molecule has 4 aromatic rings. The van der Waals surface area contributed by atoms with E-state index in [0.717, 1.165) is 17.7 Å². The molecule has 1 atom stereocenters. The van der Waals surface area contributed by atoms with Crippen LogP contribution in [0.1, 0.15) is 5.56 Å². The van der Waals surface area contributed by atoms with Crippen LogP contribution in [0.15, 0.2) is 73.2 Å². The van der Waals surface area contributed by atoms with Crippen LogP contribution in [-0.2, 0) is 20.8 Å². The molecule has 1 saturated heterocycles. The van der Waals surface area contributed by atoms with Crippen LogP contribution in [0.3, 0.4) is 0 Å². The summed E-state index contributed by atoms with van der Waals surface area (Å²) in [6.07, 6.45) is 2.71. The van der Waals surface area contributed by atoms with Crippen LogP contribution in [-0.4, -0.2) is 66.9 Å². The van der Waals surface area contributed by atoms with Crippen molar-refractivity contribution >= 4 is 40.8 Å². The smallest absolute Gasteiger partial charge is 0.248 e. The number of rotatable bonds is 7. The van der Waals surface area contributed by atoms with E-state index in [0.29, 0.717) is 16.4 Å². The van der Waals surface area contributed by atoms with Gasteiger partial charge in [0, 0.05) is 23.7 Å². The zero-order valence-corrected chi connectivity index (χ0v) is 20.5. The Morgan fingerprint density at radius 1 is 1.03 bits per heavy atom. The van der Waals surface area contributed by atoms with Crippen molar-refractivity contribution in [2.24, 2.45) is 0 Å². The van der Waals surface area contributed by atoms with Crippen LogP contribution < -0.4 is 10.2 Å². The Balaban J connectivity index is 1.43. The lowest BCUT2D eigenvalue weighted by Gasteiger charge is -2.38.